The first-order chi connectivity index (χ1) is 14.6. The molecule has 0 radical (unpaired) electrons. The van der Waals surface area contributed by atoms with Gasteiger partial charge in [-0.25, -0.2) is 0 Å². The van der Waals surface area contributed by atoms with Gasteiger partial charge in [-0.3, -0.25) is 9.48 Å². The molecule has 0 aliphatic carbocycles. The molecule has 6 heteroatoms. The molecular formula is C25H37N4OP. The fourth-order valence-corrected chi connectivity index (χ4v) is 4.98. The van der Waals surface area contributed by atoms with Crippen molar-refractivity contribution in [3.05, 3.63) is 52.6 Å². The number of carbonyl (C=O) groups is 1. The van der Waals surface area contributed by atoms with Gasteiger partial charge in [0.15, 0.2) is 0 Å². The quantitative estimate of drug-likeness (QED) is 0.601. The molecule has 1 saturated heterocycles. The molecule has 0 spiro atoms. The van der Waals surface area contributed by atoms with Gasteiger partial charge in [0, 0.05) is 35.9 Å². The van der Waals surface area contributed by atoms with Gasteiger partial charge in [-0.05, 0) is 69.5 Å². The molecule has 1 aliphatic heterocycles. The first kappa shape index (κ1) is 23.5. The van der Waals surface area contributed by atoms with Gasteiger partial charge >= 0.3 is 0 Å². The summed E-state index contributed by atoms with van der Waals surface area (Å²) in [5.74, 6) is 0.437. The summed E-state index contributed by atoms with van der Waals surface area (Å²) in [4.78, 5) is 18.0. The van der Waals surface area contributed by atoms with Gasteiger partial charge in [0.05, 0.1) is 5.69 Å². The number of rotatable bonds is 6. The van der Waals surface area contributed by atoms with E-state index < -0.39 is 0 Å². The molecule has 0 bridgehead atoms. The maximum Gasteiger partial charge on any atom is 0.251 e. The summed E-state index contributed by atoms with van der Waals surface area (Å²) in [6, 6.07) is 8.37. The Kier molecular flexibility index (Phi) is 6.95. The lowest BCUT2D eigenvalue weighted by Crippen LogP contribution is -2.36. The van der Waals surface area contributed by atoms with Crippen molar-refractivity contribution in [3.63, 3.8) is 0 Å². The van der Waals surface area contributed by atoms with Crippen LogP contribution in [0.2, 0.25) is 0 Å². The second kappa shape index (κ2) is 9.16. The van der Waals surface area contributed by atoms with Crippen molar-refractivity contribution in [3.8, 4) is 0 Å². The van der Waals surface area contributed by atoms with Crippen LogP contribution in [0.3, 0.4) is 0 Å². The molecule has 1 aromatic carbocycles. The molecule has 168 valence electrons. The molecule has 3 rings (SSSR count). The number of aromatic nitrogens is 2. The van der Waals surface area contributed by atoms with E-state index in [0.717, 1.165) is 40.9 Å². The number of likely N-dealkylation sites (tertiary alicyclic amines) is 1. The van der Waals surface area contributed by atoms with E-state index in [-0.39, 0.29) is 23.9 Å². The highest BCUT2D eigenvalue weighted by atomic mass is 31.0. The third-order valence-electron chi connectivity index (χ3n) is 6.62. The third kappa shape index (κ3) is 4.30. The van der Waals surface area contributed by atoms with Crippen molar-refractivity contribution >= 4 is 26.1 Å². The van der Waals surface area contributed by atoms with Crippen LogP contribution in [-0.4, -0.2) is 33.7 Å². The smallest absolute Gasteiger partial charge is 0.251 e. The second-order valence-corrected chi connectivity index (χ2v) is 9.71. The van der Waals surface area contributed by atoms with Gasteiger partial charge in [0.25, 0.3) is 5.91 Å². The van der Waals surface area contributed by atoms with Crippen molar-refractivity contribution < 1.29 is 4.79 Å². The monoisotopic (exact) mass is 440 g/mol. The fraction of sp³-hybridized carbons (Fsp3) is 0.520. The molecule has 0 saturated carbocycles. The van der Waals surface area contributed by atoms with Crippen LogP contribution in [0.5, 0.6) is 0 Å². The van der Waals surface area contributed by atoms with Crippen molar-refractivity contribution in [2.24, 2.45) is 5.92 Å². The first-order valence-corrected chi connectivity index (χ1v) is 11.8. The molecule has 1 amide bonds. The number of carbonyl (C=O) groups excluding carboxylic acids is 1. The fourth-order valence-electron chi connectivity index (χ4n) is 4.79. The van der Waals surface area contributed by atoms with E-state index in [9.17, 15) is 4.79 Å². The van der Waals surface area contributed by atoms with Crippen LogP contribution in [0, 0.1) is 26.7 Å². The highest BCUT2D eigenvalue weighted by molar-refractivity contribution is 7.27. The van der Waals surface area contributed by atoms with E-state index in [2.05, 4.69) is 87.0 Å². The Morgan fingerprint density at radius 1 is 1.23 bits per heavy atom. The zero-order valence-electron chi connectivity index (χ0n) is 20.2. The lowest BCUT2D eigenvalue weighted by Gasteiger charge is -2.34. The van der Waals surface area contributed by atoms with E-state index in [0.29, 0.717) is 0 Å². The number of allylic oxidation sites excluding steroid dienone is 2. The van der Waals surface area contributed by atoms with Gasteiger partial charge in [-0.15, -0.1) is 9.24 Å². The summed E-state index contributed by atoms with van der Waals surface area (Å²) >= 11 is 0. The van der Waals surface area contributed by atoms with Crippen LogP contribution in [0.15, 0.2) is 35.7 Å². The molecule has 1 fully saturated rings. The predicted octanol–water partition coefficient (Wildman–Crippen LogP) is 4.88. The van der Waals surface area contributed by atoms with Crippen LogP contribution in [0.25, 0.3) is 0 Å². The molecule has 31 heavy (non-hydrogen) atoms. The zero-order valence-corrected chi connectivity index (χ0v) is 21.4. The molecule has 0 N–H and O–H groups in total. The van der Waals surface area contributed by atoms with Crippen molar-refractivity contribution in [2.75, 3.05) is 11.9 Å². The van der Waals surface area contributed by atoms with Gasteiger partial charge < -0.3 is 9.80 Å². The second-order valence-electron chi connectivity index (χ2n) is 9.04. The van der Waals surface area contributed by atoms with Crippen molar-refractivity contribution in [1.29, 1.82) is 0 Å². The lowest BCUT2D eigenvalue weighted by molar-refractivity contribution is -0.130. The van der Waals surface area contributed by atoms with Crippen LogP contribution >= 0.6 is 9.24 Å². The summed E-state index contributed by atoms with van der Waals surface area (Å²) in [6.07, 6.45) is 1.58. The van der Waals surface area contributed by atoms with E-state index in [4.69, 9.17) is 5.10 Å². The van der Waals surface area contributed by atoms with Crippen LogP contribution < -0.4 is 10.2 Å². The highest BCUT2D eigenvalue weighted by Gasteiger charge is 2.42. The first-order valence-electron chi connectivity index (χ1n) is 11.3. The molecule has 1 aromatic heterocycles. The summed E-state index contributed by atoms with van der Waals surface area (Å²) in [6.45, 7) is 14.9. The minimum absolute atomic E-state index is 0.133. The predicted molar refractivity (Wildman–Crippen MR) is 133 cm³/mol. The van der Waals surface area contributed by atoms with Crippen LogP contribution in [0.4, 0.5) is 5.69 Å². The number of aryl methyl sites for hydroxylation is 1. The van der Waals surface area contributed by atoms with Crippen LogP contribution in [-0.2, 0) is 4.79 Å². The maximum atomic E-state index is 13.7. The van der Waals surface area contributed by atoms with E-state index in [1.807, 2.05) is 16.5 Å². The summed E-state index contributed by atoms with van der Waals surface area (Å²) in [5.41, 5.74) is 6.71. The number of benzene rings is 1. The minimum Gasteiger partial charge on any atom is -0.346 e. The SMILES string of the molecule is CC/C(=C(/C(C)C)N(C)c1ccc(P)cc1)N1C(=O)C(n2nc(C)c(C)c2C)CC1C. The number of nitrogens with zero attached hydrogens (tertiary/aromatic N) is 4. The van der Waals surface area contributed by atoms with Gasteiger partial charge in [-0.2, -0.15) is 5.10 Å². The number of anilines is 1. The number of hydrogen-bond acceptors (Lipinski definition) is 3. The Morgan fingerprint density at radius 3 is 2.32 bits per heavy atom. The Bertz CT molecular complexity index is 990. The Morgan fingerprint density at radius 2 is 1.84 bits per heavy atom. The van der Waals surface area contributed by atoms with E-state index in [1.54, 1.807) is 0 Å². The number of hydrogen-bond donors (Lipinski definition) is 0. The van der Waals surface area contributed by atoms with Gasteiger partial charge in [0.1, 0.15) is 6.04 Å². The van der Waals surface area contributed by atoms with Gasteiger partial charge in [0.2, 0.25) is 0 Å². The average Bonchev–Trinajstić information content (AvgIpc) is 3.15. The largest absolute Gasteiger partial charge is 0.346 e. The van der Waals surface area contributed by atoms with Crippen molar-refractivity contribution in [1.82, 2.24) is 14.7 Å². The minimum atomic E-state index is -0.237. The normalized spacial score (nSPS) is 19.9. The maximum absolute atomic E-state index is 13.7. The van der Waals surface area contributed by atoms with E-state index in [1.165, 1.54) is 11.3 Å². The molecule has 3 unspecified atom stereocenters. The standard InChI is InChI=1S/C25H37N4OP/c1-9-22(24(15(2)3)27(8)20-10-12-21(31)13-11-20)28-16(4)14-23(25(28)30)29-19(7)17(5)18(6)26-29/h10-13,15-16,23H,9,14,31H2,1-8H3/b24-22+. The molecule has 2 heterocycles. The zero-order chi connectivity index (χ0) is 23.0. The Balaban J connectivity index is 2.05. The molecule has 1 aliphatic rings. The van der Waals surface area contributed by atoms with Crippen LogP contribution in [0.1, 0.15) is 63.5 Å². The third-order valence-corrected chi connectivity index (χ3v) is 7.00. The Hall–Kier alpha value is -2.13. The summed E-state index contributed by atoms with van der Waals surface area (Å²) in [7, 11) is 4.84. The lowest BCUT2D eigenvalue weighted by atomic mass is 10.0. The number of amides is 1. The van der Waals surface area contributed by atoms with E-state index >= 15 is 0 Å². The Labute approximate surface area is 189 Å². The summed E-state index contributed by atoms with van der Waals surface area (Å²) < 4.78 is 1.95. The molecule has 2 aromatic rings. The molecular weight excluding hydrogens is 403 g/mol. The summed E-state index contributed by atoms with van der Waals surface area (Å²) in [5, 5.41) is 5.87. The molecule has 3 atom stereocenters. The van der Waals surface area contributed by atoms with Crippen molar-refractivity contribution in [2.45, 2.75) is 73.4 Å². The average molecular weight is 441 g/mol. The highest BCUT2D eigenvalue weighted by Crippen LogP contribution is 2.37. The topological polar surface area (TPSA) is 41.4 Å². The van der Waals surface area contributed by atoms with Gasteiger partial charge in [-0.1, -0.05) is 32.9 Å². The molecule has 5 nitrogen and oxygen atoms in total.